The number of nitrogens with zero attached hydrogens (tertiary/aromatic N) is 4. The van der Waals surface area contributed by atoms with Gasteiger partial charge in [-0.1, -0.05) is 17.7 Å². The SMILES string of the molecule is N#Cc1c(N)sc2c(F)ccc(-c3c(Cl)cc4c(NCC5CNC(=O)C5)nc(OC[C@@]56CCCN5C[C@H](F)C6)nc4c3F)c12. The Kier molecular flexibility index (Phi) is 7.18. The smallest absolute Gasteiger partial charge is 0.319 e. The average Bonchev–Trinajstić information content (AvgIpc) is 3.74. The minimum atomic E-state index is -0.949. The molecular weight excluding hydrogens is 615 g/mol. The second-order valence-electron chi connectivity index (χ2n) is 11.7. The van der Waals surface area contributed by atoms with Crippen molar-refractivity contribution >= 4 is 60.7 Å². The highest BCUT2D eigenvalue weighted by molar-refractivity contribution is 7.23. The standard InChI is InChI=1S/C30H27ClF3N7O2S/c31-19-7-17-25(24(34)23(19)16-2-3-20(33)26-22(16)18(9-35)27(36)44-26)39-29(40-28(17)38-11-14-6-21(42)37-10-14)43-13-30-4-1-5-41(30)12-15(32)8-30/h2-3,7,14-15H,1,4-6,8,10-13,36H2,(H,37,42)(H,38,39,40)/t14?,15-,30+/m1/s1. The molecule has 0 bridgehead atoms. The summed E-state index contributed by atoms with van der Waals surface area (Å²) < 4.78 is 52.0. The molecule has 1 unspecified atom stereocenters. The molecule has 7 rings (SSSR count). The third-order valence-electron chi connectivity index (χ3n) is 8.91. The number of benzene rings is 2. The van der Waals surface area contributed by atoms with Gasteiger partial charge in [-0.3, -0.25) is 9.69 Å². The van der Waals surface area contributed by atoms with Crippen molar-refractivity contribution in [3.63, 3.8) is 0 Å². The van der Waals surface area contributed by atoms with Crippen LogP contribution in [0.3, 0.4) is 0 Å². The number of hydrogen-bond donors (Lipinski definition) is 3. The van der Waals surface area contributed by atoms with Crippen LogP contribution in [0.25, 0.3) is 32.1 Å². The molecule has 0 radical (unpaired) electrons. The molecule has 2 aromatic heterocycles. The summed E-state index contributed by atoms with van der Waals surface area (Å²) in [7, 11) is 0. The number of nitrogen functional groups attached to an aromatic ring is 1. The Hall–Kier alpha value is -3.86. The number of hydrogen-bond acceptors (Lipinski definition) is 9. The Morgan fingerprint density at radius 2 is 2.18 bits per heavy atom. The van der Waals surface area contributed by atoms with Crippen molar-refractivity contribution < 1.29 is 22.7 Å². The fraction of sp³-hybridized carbons (Fsp3) is 0.400. The predicted octanol–water partition coefficient (Wildman–Crippen LogP) is 5.40. The van der Waals surface area contributed by atoms with Crippen molar-refractivity contribution in [1.82, 2.24) is 20.2 Å². The Labute approximate surface area is 259 Å². The number of thiophene rings is 1. The van der Waals surface area contributed by atoms with E-state index in [0.717, 1.165) is 30.7 Å². The fourth-order valence-corrected chi connectivity index (χ4v) is 8.07. The summed E-state index contributed by atoms with van der Waals surface area (Å²) in [6.45, 7) is 2.13. The first-order chi connectivity index (χ1) is 21.2. The quantitative estimate of drug-likeness (QED) is 0.245. The summed E-state index contributed by atoms with van der Waals surface area (Å²) in [4.78, 5) is 22.8. The number of anilines is 2. The summed E-state index contributed by atoms with van der Waals surface area (Å²) in [6, 6.07) is 5.96. The molecule has 5 heterocycles. The molecule has 3 saturated heterocycles. The summed E-state index contributed by atoms with van der Waals surface area (Å²) >= 11 is 7.61. The summed E-state index contributed by atoms with van der Waals surface area (Å²) in [5.74, 6) is -1.21. The van der Waals surface area contributed by atoms with Crippen molar-refractivity contribution in [2.24, 2.45) is 5.92 Å². The number of rotatable bonds is 7. The van der Waals surface area contributed by atoms with E-state index in [2.05, 4.69) is 25.5 Å². The summed E-state index contributed by atoms with van der Waals surface area (Å²) in [5, 5.41) is 16.3. The van der Waals surface area contributed by atoms with Gasteiger partial charge in [0, 0.05) is 54.7 Å². The van der Waals surface area contributed by atoms with Crippen molar-refractivity contribution in [1.29, 1.82) is 5.26 Å². The van der Waals surface area contributed by atoms with E-state index in [1.807, 2.05) is 6.07 Å². The number of carbonyl (C=O) groups is 1. The molecule has 14 heteroatoms. The summed E-state index contributed by atoms with van der Waals surface area (Å²) in [6.07, 6.45) is 1.43. The Bertz CT molecular complexity index is 1880. The molecular formula is C30H27ClF3N7O2S. The van der Waals surface area contributed by atoms with Gasteiger partial charge in [-0.25, -0.2) is 13.2 Å². The van der Waals surface area contributed by atoms with Crippen LogP contribution in [-0.2, 0) is 4.79 Å². The maximum atomic E-state index is 16.7. The van der Waals surface area contributed by atoms with Crippen LogP contribution in [-0.4, -0.2) is 65.3 Å². The van der Waals surface area contributed by atoms with Crippen molar-refractivity contribution in [2.45, 2.75) is 37.4 Å². The van der Waals surface area contributed by atoms with E-state index < -0.39 is 23.3 Å². The average molecular weight is 642 g/mol. The molecule has 2 aromatic carbocycles. The van der Waals surface area contributed by atoms with Gasteiger partial charge < -0.3 is 21.1 Å². The number of amides is 1. The molecule has 228 valence electrons. The first-order valence-electron chi connectivity index (χ1n) is 14.3. The van der Waals surface area contributed by atoms with Gasteiger partial charge in [0.1, 0.15) is 41.0 Å². The molecule has 3 aliphatic heterocycles. The van der Waals surface area contributed by atoms with Crippen molar-refractivity contribution in [2.75, 3.05) is 43.8 Å². The van der Waals surface area contributed by atoms with Gasteiger partial charge in [0.05, 0.1) is 20.8 Å². The van der Waals surface area contributed by atoms with Crippen molar-refractivity contribution in [3.05, 3.63) is 40.4 Å². The molecule has 3 aliphatic rings. The summed E-state index contributed by atoms with van der Waals surface area (Å²) in [5.41, 5.74) is 5.59. The lowest BCUT2D eigenvalue weighted by atomic mass is 9.95. The maximum absolute atomic E-state index is 16.7. The second-order valence-corrected chi connectivity index (χ2v) is 13.1. The van der Waals surface area contributed by atoms with Crippen LogP contribution in [0.1, 0.15) is 31.2 Å². The highest BCUT2D eigenvalue weighted by Gasteiger charge is 2.49. The van der Waals surface area contributed by atoms with Gasteiger partial charge in [0.15, 0.2) is 5.82 Å². The van der Waals surface area contributed by atoms with E-state index in [9.17, 15) is 18.8 Å². The number of alkyl halides is 1. The Balaban J connectivity index is 1.34. The molecule has 4 N–H and O–H groups in total. The number of aromatic nitrogens is 2. The van der Waals surface area contributed by atoms with Gasteiger partial charge in [0.25, 0.3) is 0 Å². The topological polar surface area (TPSA) is 129 Å². The highest BCUT2D eigenvalue weighted by atomic mass is 35.5. The van der Waals surface area contributed by atoms with Gasteiger partial charge in [0.2, 0.25) is 5.91 Å². The molecule has 4 aromatic rings. The fourth-order valence-electron chi connectivity index (χ4n) is 6.83. The van der Waals surface area contributed by atoms with E-state index in [-0.39, 0.29) is 78.0 Å². The van der Waals surface area contributed by atoms with Gasteiger partial charge >= 0.3 is 6.01 Å². The number of nitriles is 1. The van der Waals surface area contributed by atoms with Crippen LogP contribution in [0.4, 0.5) is 24.0 Å². The van der Waals surface area contributed by atoms with Gasteiger partial charge in [-0.15, -0.1) is 11.3 Å². The monoisotopic (exact) mass is 641 g/mol. The molecule has 0 saturated carbocycles. The maximum Gasteiger partial charge on any atom is 0.319 e. The van der Waals surface area contributed by atoms with Crippen molar-refractivity contribution in [3.8, 4) is 23.2 Å². The Morgan fingerprint density at radius 3 is 2.95 bits per heavy atom. The number of halogens is 4. The molecule has 3 fully saturated rings. The largest absolute Gasteiger partial charge is 0.461 e. The minimum absolute atomic E-state index is 0.00460. The second kappa shape index (κ2) is 10.9. The van der Waals surface area contributed by atoms with E-state index in [0.29, 0.717) is 32.5 Å². The molecule has 1 amide bonds. The zero-order valence-corrected chi connectivity index (χ0v) is 24.9. The third kappa shape index (κ3) is 4.76. The van der Waals surface area contributed by atoms with Gasteiger partial charge in [-0.05, 0) is 37.1 Å². The van der Waals surface area contributed by atoms with Crippen LogP contribution < -0.4 is 21.1 Å². The minimum Gasteiger partial charge on any atom is -0.461 e. The molecule has 9 nitrogen and oxygen atoms in total. The lowest BCUT2D eigenvalue weighted by Gasteiger charge is -2.30. The number of nitrogens with two attached hydrogens (primary N) is 1. The zero-order chi connectivity index (χ0) is 30.7. The number of carbonyl (C=O) groups excluding carboxylic acids is 1. The van der Waals surface area contributed by atoms with E-state index >= 15 is 4.39 Å². The number of nitrogens with one attached hydrogen (secondary N) is 2. The normalized spacial score (nSPS) is 23.3. The number of fused-ring (bicyclic) bond motifs is 3. The van der Waals surface area contributed by atoms with E-state index in [1.54, 1.807) is 0 Å². The van der Waals surface area contributed by atoms with Crippen LogP contribution in [0, 0.1) is 28.9 Å². The highest BCUT2D eigenvalue weighted by Crippen LogP contribution is 2.46. The van der Waals surface area contributed by atoms with Crippen LogP contribution >= 0.6 is 22.9 Å². The van der Waals surface area contributed by atoms with Gasteiger partial charge in [-0.2, -0.15) is 15.2 Å². The van der Waals surface area contributed by atoms with E-state index in [1.165, 1.54) is 18.2 Å². The molecule has 44 heavy (non-hydrogen) atoms. The first kappa shape index (κ1) is 28.9. The van der Waals surface area contributed by atoms with Crippen LogP contribution in [0.2, 0.25) is 5.02 Å². The first-order valence-corrected chi connectivity index (χ1v) is 15.5. The Morgan fingerprint density at radius 1 is 1.34 bits per heavy atom. The molecule has 0 aliphatic carbocycles. The molecule has 0 spiro atoms. The zero-order valence-electron chi connectivity index (χ0n) is 23.4. The van der Waals surface area contributed by atoms with E-state index in [4.69, 9.17) is 22.1 Å². The van der Waals surface area contributed by atoms with Crippen LogP contribution in [0.5, 0.6) is 6.01 Å². The molecule has 3 atom stereocenters. The lowest BCUT2D eigenvalue weighted by Crippen LogP contribution is -2.43. The third-order valence-corrected chi connectivity index (χ3v) is 10.2. The predicted molar refractivity (Wildman–Crippen MR) is 163 cm³/mol. The lowest BCUT2D eigenvalue weighted by molar-refractivity contribution is -0.119. The van der Waals surface area contributed by atoms with Crippen LogP contribution in [0.15, 0.2) is 18.2 Å². The number of ether oxygens (including phenoxy) is 1.